The number of benzene rings is 2. The molecular weight excluding hydrogens is 290 g/mol. The lowest BCUT2D eigenvalue weighted by molar-refractivity contribution is -0.117. The molecule has 0 bridgehead atoms. The summed E-state index contributed by atoms with van der Waals surface area (Å²) in [5, 5.41) is 5.32. The summed E-state index contributed by atoms with van der Waals surface area (Å²) in [6.07, 6.45) is 1.93. The highest BCUT2D eigenvalue weighted by atomic mass is 16.2. The highest BCUT2D eigenvalue weighted by molar-refractivity contribution is 5.99. The summed E-state index contributed by atoms with van der Waals surface area (Å²) >= 11 is 0. The Morgan fingerprint density at radius 1 is 1.00 bits per heavy atom. The number of anilines is 2. The van der Waals surface area contributed by atoms with E-state index >= 15 is 0 Å². The number of nitrogens with one attached hydrogen (secondary N) is 2. The van der Waals surface area contributed by atoms with Crippen molar-refractivity contribution in [2.75, 3.05) is 23.3 Å². The van der Waals surface area contributed by atoms with Gasteiger partial charge in [-0.15, -0.1) is 0 Å². The van der Waals surface area contributed by atoms with E-state index in [0.29, 0.717) is 12.2 Å². The Morgan fingerprint density at radius 3 is 2.57 bits per heavy atom. The van der Waals surface area contributed by atoms with E-state index in [-0.39, 0.29) is 18.5 Å². The number of aryl methyl sites for hydroxylation is 1. The molecule has 3 rings (SSSR count). The van der Waals surface area contributed by atoms with Crippen LogP contribution in [0.4, 0.5) is 16.2 Å². The molecule has 0 aliphatic carbocycles. The SMILES string of the molecule is O=C(NCC(=O)N1CCCc2ccccc21)Nc1ccccc1. The van der Waals surface area contributed by atoms with Gasteiger partial charge in [0.2, 0.25) is 5.91 Å². The highest BCUT2D eigenvalue weighted by Gasteiger charge is 2.22. The molecule has 2 N–H and O–H groups in total. The summed E-state index contributed by atoms with van der Waals surface area (Å²) in [5.41, 5.74) is 2.83. The minimum atomic E-state index is -0.380. The van der Waals surface area contributed by atoms with Gasteiger partial charge in [-0.3, -0.25) is 4.79 Å². The van der Waals surface area contributed by atoms with Crippen molar-refractivity contribution in [1.82, 2.24) is 5.32 Å². The van der Waals surface area contributed by atoms with Crippen molar-refractivity contribution in [3.8, 4) is 0 Å². The zero-order chi connectivity index (χ0) is 16.1. The van der Waals surface area contributed by atoms with Crippen LogP contribution < -0.4 is 15.5 Å². The molecule has 0 unspecified atom stereocenters. The Labute approximate surface area is 135 Å². The van der Waals surface area contributed by atoms with Crippen LogP contribution in [0.1, 0.15) is 12.0 Å². The molecule has 0 saturated carbocycles. The number of fused-ring (bicyclic) bond motifs is 1. The first-order chi connectivity index (χ1) is 11.2. The summed E-state index contributed by atoms with van der Waals surface area (Å²) in [6.45, 7) is 0.671. The van der Waals surface area contributed by atoms with Crippen molar-refractivity contribution in [3.63, 3.8) is 0 Å². The van der Waals surface area contributed by atoms with Gasteiger partial charge in [0.1, 0.15) is 0 Å². The molecule has 0 spiro atoms. The fourth-order valence-corrected chi connectivity index (χ4v) is 2.74. The molecule has 2 aromatic carbocycles. The largest absolute Gasteiger partial charge is 0.329 e. The van der Waals surface area contributed by atoms with Crippen molar-refractivity contribution in [2.45, 2.75) is 12.8 Å². The Balaban J connectivity index is 1.57. The lowest BCUT2D eigenvalue weighted by Gasteiger charge is -2.29. The van der Waals surface area contributed by atoms with Crippen LogP contribution in [-0.4, -0.2) is 25.0 Å². The Bertz CT molecular complexity index is 700. The monoisotopic (exact) mass is 309 g/mol. The van der Waals surface area contributed by atoms with Crippen LogP contribution in [0.3, 0.4) is 0 Å². The molecule has 0 atom stereocenters. The van der Waals surface area contributed by atoms with Gasteiger partial charge >= 0.3 is 6.03 Å². The quantitative estimate of drug-likeness (QED) is 0.916. The predicted octanol–water partition coefficient (Wildman–Crippen LogP) is 2.79. The molecule has 1 aliphatic heterocycles. The molecule has 1 aliphatic rings. The molecule has 2 aromatic rings. The Hall–Kier alpha value is -2.82. The van der Waals surface area contributed by atoms with Crippen molar-refractivity contribution in [1.29, 1.82) is 0 Å². The van der Waals surface area contributed by atoms with Crippen molar-refractivity contribution in [3.05, 3.63) is 60.2 Å². The van der Waals surface area contributed by atoms with Gasteiger partial charge in [-0.25, -0.2) is 4.79 Å². The number of urea groups is 1. The topological polar surface area (TPSA) is 61.4 Å². The Kier molecular flexibility index (Phi) is 4.57. The number of hydrogen-bond acceptors (Lipinski definition) is 2. The predicted molar refractivity (Wildman–Crippen MR) is 90.6 cm³/mol. The summed E-state index contributed by atoms with van der Waals surface area (Å²) in [4.78, 5) is 26.0. The third-order valence-electron chi connectivity index (χ3n) is 3.84. The van der Waals surface area contributed by atoms with E-state index in [1.54, 1.807) is 17.0 Å². The van der Waals surface area contributed by atoms with Gasteiger partial charge < -0.3 is 15.5 Å². The maximum absolute atomic E-state index is 12.4. The smallest absolute Gasteiger partial charge is 0.319 e. The second kappa shape index (κ2) is 6.96. The summed E-state index contributed by atoms with van der Waals surface area (Å²) in [5.74, 6) is -0.0969. The molecule has 1 heterocycles. The second-order valence-electron chi connectivity index (χ2n) is 5.45. The summed E-state index contributed by atoms with van der Waals surface area (Å²) < 4.78 is 0. The van der Waals surface area contributed by atoms with E-state index in [2.05, 4.69) is 10.6 Å². The van der Waals surface area contributed by atoms with Crippen molar-refractivity contribution in [2.24, 2.45) is 0 Å². The first kappa shape index (κ1) is 15.1. The van der Waals surface area contributed by atoms with Crippen LogP contribution in [0, 0.1) is 0 Å². The molecule has 0 fully saturated rings. The Morgan fingerprint density at radius 2 is 1.74 bits per heavy atom. The average molecular weight is 309 g/mol. The molecule has 0 aromatic heterocycles. The van der Waals surface area contributed by atoms with E-state index < -0.39 is 0 Å². The molecule has 3 amide bonds. The lowest BCUT2D eigenvalue weighted by Crippen LogP contribution is -2.43. The van der Waals surface area contributed by atoms with E-state index in [4.69, 9.17) is 0 Å². The highest BCUT2D eigenvalue weighted by Crippen LogP contribution is 2.26. The number of carbonyl (C=O) groups is 2. The zero-order valence-electron chi connectivity index (χ0n) is 12.8. The number of amides is 3. The van der Waals surface area contributed by atoms with E-state index in [1.807, 2.05) is 42.5 Å². The zero-order valence-corrected chi connectivity index (χ0v) is 12.8. The van der Waals surface area contributed by atoms with Crippen LogP contribution in [0.15, 0.2) is 54.6 Å². The molecule has 118 valence electrons. The van der Waals surface area contributed by atoms with Crippen LogP contribution in [0.2, 0.25) is 0 Å². The maximum atomic E-state index is 12.4. The molecule has 5 nitrogen and oxygen atoms in total. The number of nitrogens with zero attached hydrogens (tertiary/aromatic N) is 1. The molecule has 5 heteroatoms. The van der Waals surface area contributed by atoms with Gasteiger partial charge in [-0.2, -0.15) is 0 Å². The number of hydrogen-bond donors (Lipinski definition) is 2. The number of rotatable bonds is 3. The first-order valence-corrected chi connectivity index (χ1v) is 7.72. The molecular formula is C18H19N3O2. The van der Waals surface area contributed by atoms with Gasteiger partial charge in [0.05, 0.1) is 6.54 Å². The van der Waals surface area contributed by atoms with Gasteiger partial charge in [-0.05, 0) is 36.6 Å². The number of carbonyl (C=O) groups excluding carboxylic acids is 2. The summed E-state index contributed by atoms with van der Waals surface area (Å²) in [6, 6.07) is 16.7. The fourth-order valence-electron chi connectivity index (χ4n) is 2.74. The molecule has 23 heavy (non-hydrogen) atoms. The standard InChI is InChI=1S/C18H19N3O2/c22-17(13-19-18(23)20-15-9-2-1-3-10-15)21-12-6-8-14-7-4-5-11-16(14)21/h1-5,7,9-11H,6,8,12-13H2,(H2,19,20,23). The van der Waals surface area contributed by atoms with Gasteiger partial charge in [0, 0.05) is 17.9 Å². The van der Waals surface area contributed by atoms with Crippen LogP contribution >= 0.6 is 0 Å². The molecule has 0 radical (unpaired) electrons. The van der Waals surface area contributed by atoms with E-state index in [0.717, 1.165) is 18.5 Å². The van der Waals surface area contributed by atoms with E-state index in [9.17, 15) is 9.59 Å². The minimum Gasteiger partial charge on any atom is -0.329 e. The van der Waals surface area contributed by atoms with Crippen LogP contribution in [-0.2, 0) is 11.2 Å². The van der Waals surface area contributed by atoms with Gasteiger partial charge in [0.15, 0.2) is 0 Å². The van der Waals surface area contributed by atoms with E-state index in [1.165, 1.54) is 5.56 Å². The third kappa shape index (κ3) is 3.69. The van der Waals surface area contributed by atoms with Crippen LogP contribution in [0.5, 0.6) is 0 Å². The van der Waals surface area contributed by atoms with Gasteiger partial charge in [0.25, 0.3) is 0 Å². The normalized spacial score (nSPS) is 13.1. The summed E-state index contributed by atoms with van der Waals surface area (Å²) in [7, 11) is 0. The maximum Gasteiger partial charge on any atom is 0.319 e. The van der Waals surface area contributed by atoms with Gasteiger partial charge in [-0.1, -0.05) is 36.4 Å². The third-order valence-corrected chi connectivity index (χ3v) is 3.84. The van der Waals surface area contributed by atoms with Crippen LogP contribution in [0.25, 0.3) is 0 Å². The second-order valence-corrected chi connectivity index (χ2v) is 5.45. The fraction of sp³-hybridized carbons (Fsp3) is 0.222. The lowest BCUT2D eigenvalue weighted by atomic mass is 10.0. The van der Waals surface area contributed by atoms with Crippen molar-refractivity contribution >= 4 is 23.3 Å². The average Bonchev–Trinajstić information content (AvgIpc) is 2.60. The number of para-hydroxylation sites is 2. The first-order valence-electron chi connectivity index (χ1n) is 7.72. The minimum absolute atomic E-state index is 0.0208. The van der Waals surface area contributed by atoms with Crippen molar-refractivity contribution < 1.29 is 9.59 Å². The molecule has 0 saturated heterocycles.